The van der Waals surface area contributed by atoms with Crippen LogP contribution in [0.25, 0.3) is 22.4 Å². The molecule has 25 heavy (non-hydrogen) atoms. The van der Waals surface area contributed by atoms with Crippen molar-refractivity contribution in [3.8, 4) is 17.2 Å². The van der Waals surface area contributed by atoms with E-state index < -0.39 is 17.1 Å². The summed E-state index contributed by atoms with van der Waals surface area (Å²) in [5, 5.41) is 0.395. The van der Waals surface area contributed by atoms with Crippen LogP contribution in [0.3, 0.4) is 0 Å². The number of hydrogen-bond acceptors (Lipinski definition) is 5. The van der Waals surface area contributed by atoms with Gasteiger partial charge in [-0.3, -0.25) is 9.78 Å². The fourth-order valence-corrected chi connectivity index (χ4v) is 2.66. The van der Waals surface area contributed by atoms with Gasteiger partial charge in [0.1, 0.15) is 11.1 Å². The van der Waals surface area contributed by atoms with Crippen LogP contribution >= 0.6 is 0 Å². The van der Waals surface area contributed by atoms with Crippen LogP contribution in [-0.4, -0.2) is 16.6 Å². The number of hydrogen-bond donors (Lipinski definition) is 1. The van der Waals surface area contributed by atoms with Crippen molar-refractivity contribution in [2.75, 3.05) is 6.61 Å². The van der Waals surface area contributed by atoms with E-state index in [0.29, 0.717) is 17.6 Å². The normalized spacial score (nSPS) is 11.3. The van der Waals surface area contributed by atoms with Crippen LogP contribution in [0.1, 0.15) is 39.0 Å². The van der Waals surface area contributed by atoms with Crippen LogP contribution < -0.4 is 16.0 Å². The summed E-state index contributed by atoms with van der Waals surface area (Å²) >= 11 is 0. The zero-order valence-corrected chi connectivity index (χ0v) is 13.9. The van der Waals surface area contributed by atoms with Gasteiger partial charge in [0.05, 0.1) is 6.61 Å². The monoisotopic (exact) mass is 346 g/mol. The van der Waals surface area contributed by atoms with Crippen molar-refractivity contribution in [2.45, 2.75) is 39.0 Å². The van der Waals surface area contributed by atoms with E-state index in [0.717, 1.165) is 25.7 Å². The van der Waals surface area contributed by atoms with Gasteiger partial charge in [-0.15, -0.1) is 0 Å². The van der Waals surface area contributed by atoms with Crippen molar-refractivity contribution >= 4 is 11.0 Å². The van der Waals surface area contributed by atoms with Crippen molar-refractivity contribution in [3.63, 3.8) is 0 Å². The first-order valence-corrected chi connectivity index (χ1v) is 8.38. The van der Waals surface area contributed by atoms with Gasteiger partial charge in [0.25, 0.3) is 5.56 Å². The lowest BCUT2D eigenvalue weighted by Gasteiger charge is -2.10. The van der Waals surface area contributed by atoms with Gasteiger partial charge in [-0.2, -0.15) is 4.98 Å². The molecular weight excluding hydrogens is 327 g/mol. The second-order valence-corrected chi connectivity index (χ2v) is 5.92. The molecular formula is C18H19FN2O4. The van der Waals surface area contributed by atoms with Gasteiger partial charge >= 0.3 is 5.69 Å². The maximum atomic E-state index is 14.2. The Labute approximate surface area is 143 Å². The first-order valence-electron chi connectivity index (χ1n) is 8.38. The van der Waals surface area contributed by atoms with Gasteiger partial charge in [0, 0.05) is 11.5 Å². The summed E-state index contributed by atoms with van der Waals surface area (Å²) < 4.78 is 25.2. The summed E-state index contributed by atoms with van der Waals surface area (Å²) in [6.07, 6.45) is 5.38. The largest absolute Gasteiger partial charge is 0.490 e. The minimum Gasteiger partial charge on any atom is -0.490 e. The maximum absolute atomic E-state index is 14.2. The molecule has 0 aromatic heterocycles. The van der Waals surface area contributed by atoms with Crippen molar-refractivity contribution in [1.82, 2.24) is 9.97 Å². The fourth-order valence-electron chi connectivity index (χ4n) is 2.66. The lowest BCUT2D eigenvalue weighted by Crippen LogP contribution is -2.24. The molecule has 2 heterocycles. The van der Waals surface area contributed by atoms with Crippen LogP contribution in [-0.2, 0) is 0 Å². The third-order valence-electron chi connectivity index (χ3n) is 3.97. The van der Waals surface area contributed by atoms with Crippen LogP contribution in [0.4, 0.5) is 4.39 Å². The van der Waals surface area contributed by atoms with E-state index in [1.165, 1.54) is 24.6 Å². The molecule has 0 atom stereocenters. The number of benzene rings is 1. The third kappa shape index (κ3) is 3.87. The van der Waals surface area contributed by atoms with E-state index in [1.54, 1.807) is 0 Å². The topological polar surface area (TPSA) is 85.2 Å². The average Bonchev–Trinajstić information content (AvgIpc) is 2.57. The first-order chi connectivity index (χ1) is 12.1. The first kappa shape index (κ1) is 17.1. The minimum atomic E-state index is -0.786. The zero-order valence-electron chi connectivity index (χ0n) is 13.9. The minimum absolute atomic E-state index is 0.0817. The van der Waals surface area contributed by atoms with E-state index in [2.05, 4.69) is 16.9 Å². The summed E-state index contributed by atoms with van der Waals surface area (Å²) in [7, 11) is 0. The fraction of sp³-hybridized carbons (Fsp3) is 0.389. The van der Waals surface area contributed by atoms with Crippen LogP contribution in [0.15, 0.2) is 32.2 Å². The number of rotatable bonds is 7. The predicted octanol–water partition coefficient (Wildman–Crippen LogP) is 3.47. The highest BCUT2D eigenvalue weighted by Crippen LogP contribution is 2.29. The van der Waals surface area contributed by atoms with Crippen molar-refractivity contribution < 1.29 is 13.5 Å². The van der Waals surface area contributed by atoms with Crippen molar-refractivity contribution in [1.29, 1.82) is 0 Å². The number of H-pyrrole nitrogens is 1. The van der Waals surface area contributed by atoms with Crippen LogP contribution in [0, 0.1) is 5.82 Å². The lowest BCUT2D eigenvalue weighted by molar-refractivity contribution is 0.290. The molecule has 2 aliphatic rings. The van der Waals surface area contributed by atoms with Gasteiger partial charge in [0.15, 0.2) is 11.6 Å². The molecule has 0 unspecified atom stereocenters. The highest BCUT2D eigenvalue weighted by Gasteiger charge is 2.16. The van der Waals surface area contributed by atoms with Gasteiger partial charge < -0.3 is 9.15 Å². The van der Waals surface area contributed by atoms with Gasteiger partial charge in [0.2, 0.25) is 5.89 Å². The summed E-state index contributed by atoms with van der Waals surface area (Å²) in [6.45, 7) is 2.56. The molecule has 0 bridgehead atoms. The molecule has 0 saturated carbocycles. The highest BCUT2D eigenvalue weighted by molar-refractivity contribution is 5.83. The molecule has 1 aromatic rings. The summed E-state index contributed by atoms with van der Waals surface area (Å²) in [4.78, 5) is 28.8. The number of ether oxygens (including phenoxy) is 1. The van der Waals surface area contributed by atoms with Crippen molar-refractivity contribution in [2.24, 2.45) is 0 Å². The van der Waals surface area contributed by atoms with E-state index >= 15 is 0 Å². The van der Waals surface area contributed by atoms with E-state index in [4.69, 9.17) is 9.15 Å². The average molecular weight is 346 g/mol. The number of halogens is 1. The SMILES string of the molecule is CCCCCCCOc1cc2oc3nc(=O)[nH]c(=O)c-3cc2cc1F. The van der Waals surface area contributed by atoms with E-state index in [-0.39, 0.29) is 17.2 Å². The predicted molar refractivity (Wildman–Crippen MR) is 91.7 cm³/mol. The van der Waals surface area contributed by atoms with Gasteiger partial charge in [-0.05, 0) is 18.6 Å². The molecule has 0 radical (unpaired) electrons. The van der Waals surface area contributed by atoms with Crippen molar-refractivity contribution in [3.05, 3.63) is 44.9 Å². The number of aromatic amines is 1. The molecule has 132 valence electrons. The molecule has 7 heteroatoms. The Morgan fingerprint density at radius 2 is 1.96 bits per heavy atom. The Morgan fingerprint density at radius 1 is 1.16 bits per heavy atom. The van der Waals surface area contributed by atoms with Crippen LogP contribution in [0.2, 0.25) is 0 Å². The molecule has 2 aliphatic heterocycles. The quantitative estimate of drug-likeness (QED) is 0.523. The molecule has 3 rings (SSSR count). The zero-order chi connectivity index (χ0) is 17.8. The van der Waals surface area contributed by atoms with E-state index in [9.17, 15) is 14.0 Å². The number of nitrogens with one attached hydrogen (secondary N) is 1. The second kappa shape index (κ2) is 7.46. The molecule has 6 nitrogen and oxygen atoms in total. The third-order valence-corrected chi connectivity index (χ3v) is 3.97. The Balaban J connectivity index is 1.85. The Bertz CT molecular complexity index is 964. The molecule has 1 N–H and O–H groups in total. The number of fused-ring (bicyclic) bond motifs is 2. The summed E-state index contributed by atoms with van der Waals surface area (Å²) in [6, 6.07) is 4.11. The van der Waals surface area contributed by atoms with E-state index in [1.807, 2.05) is 0 Å². The number of aromatic nitrogens is 2. The Hall–Kier alpha value is -2.70. The summed E-state index contributed by atoms with van der Waals surface area (Å²) in [5.41, 5.74) is -1.01. The molecule has 0 fully saturated rings. The Kier molecular flexibility index (Phi) is 5.11. The lowest BCUT2D eigenvalue weighted by atomic mass is 10.1. The second-order valence-electron chi connectivity index (χ2n) is 5.92. The molecule has 0 aliphatic carbocycles. The van der Waals surface area contributed by atoms with Crippen LogP contribution in [0.5, 0.6) is 5.75 Å². The van der Waals surface area contributed by atoms with Gasteiger partial charge in [-0.25, -0.2) is 9.18 Å². The molecule has 0 saturated heterocycles. The standard InChI is InChI=1S/C18H19FN2O4/c1-2-3-4-5-6-7-24-15-10-14-11(9-13(15)19)8-12-16(22)20-18(23)21-17(12)25-14/h8-10H,2-7H2,1H3,(H,20,22,23). The number of unbranched alkanes of at least 4 members (excludes halogenated alkanes) is 4. The molecule has 0 amide bonds. The smallest absolute Gasteiger partial charge is 0.351 e. The highest BCUT2D eigenvalue weighted by atomic mass is 19.1. The molecule has 1 aromatic carbocycles. The molecule has 0 spiro atoms. The Morgan fingerprint density at radius 3 is 2.76 bits per heavy atom. The van der Waals surface area contributed by atoms with Gasteiger partial charge in [-0.1, -0.05) is 32.6 Å². The summed E-state index contributed by atoms with van der Waals surface area (Å²) in [5.74, 6) is -0.530. The number of nitrogens with zero attached hydrogens (tertiary/aromatic N) is 1. The maximum Gasteiger partial charge on any atom is 0.351 e.